The van der Waals surface area contributed by atoms with Crippen LogP contribution in [0.15, 0.2) is 93.9 Å². The topological polar surface area (TPSA) is 18.5 Å². The maximum absolute atomic E-state index is 6.91. The first kappa shape index (κ1) is 19.4. The largest absolute Gasteiger partial charge is 0.496 e. The maximum Gasteiger partial charge on any atom is 0.178 e. The van der Waals surface area contributed by atoms with E-state index in [9.17, 15) is 0 Å². The molecule has 0 radical (unpaired) electrons. The van der Waals surface area contributed by atoms with Gasteiger partial charge in [-0.15, -0.1) is 0 Å². The van der Waals surface area contributed by atoms with Crippen LogP contribution >= 0.6 is 31.9 Å². The summed E-state index contributed by atoms with van der Waals surface area (Å²) >= 11 is 7.10. The molecule has 4 heteroatoms. The second kappa shape index (κ2) is 7.60. The van der Waals surface area contributed by atoms with Crippen molar-refractivity contribution in [1.82, 2.24) is 0 Å². The highest BCUT2D eigenvalue weighted by molar-refractivity contribution is 9.10. The van der Waals surface area contributed by atoms with E-state index in [-0.39, 0.29) is 0 Å². The van der Waals surface area contributed by atoms with Crippen LogP contribution in [0.3, 0.4) is 0 Å². The van der Waals surface area contributed by atoms with Gasteiger partial charge in [-0.1, -0.05) is 86.5 Å². The van der Waals surface area contributed by atoms with Crippen molar-refractivity contribution >= 4 is 48.7 Å². The molecule has 4 aromatic carbocycles. The van der Waals surface area contributed by atoms with Crippen LogP contribution in [0.4, 0.5) is 0 Å². The number of methoxy groups -OCH3 is 1. The number of rotatable bonds is 3. The van der Waals surface area contributed by atoms with E-state index in [0.717, 1.165) is 47.9 Å². The van der Waals surface area contributed by atoms with Gasteiger partial charge in [0.15, 0.2) is 5.60 Å². The van der Waals surface area contributed by atoms with Crippen molar-refractivity contribution in [3.05, 3.63) is 111 Å². The normalized spacial score (nSPS) is 14.2. The zero-order valence-electron chi connectivity index (χ0n) is 16.2. The van der Waals surface area contributed by atoms with Gasteiger partial charge < -0.3 is 9.47 Å². The monoisotopic (exact) mass is 520 g/mol. The van der Waals surface area contributed by atoms with Crippen molar-refractivity contribution in [2.75, 3.05) is 7.11 Å². The van der Waals surface area contributed by atoms with Crippen LogP contribution < -0.4 is 9.47 Å². The predicted octanol–water partition coefficient (Wildman–Crippen LogP) is 7.72. The molecule has 1 aliphatic heterocycles. The van der Waals surface area contributed by atoms with Gasteiger partial charge in [-0.3, -0.25) is 0 Å². The van der Waals surface area contributed by atoms with Gasteiger partial charge in [-0.05, 0) is 36.4 Å². The Morgan fingerprint density at radius 3 is 1.90 bits per heavy atom. The molecule has 0 aliphatic carbocycles. The van der Waals surface area contributed by atoms with Crippen LogP contribution in [0.5, 0.6) is 11.5 Å². The summed E-state index contributed by atoms with van der Waals surface area (Å²) in [5.74, 6) is 1.71. The third-order valence-corrected chi connectivity index (χ3v) is 6.57. The summed E-state index contributed by atoms with van der Waals surface area (Å²) in [5, 5.41) is 2.07. The molecule has 148 valence electrons. The molecule has 0 N–H and O–H groups in total. The Kier molecular flexibility index (Phi) is 4.92. The third kappa shape index (κ3) is 3.15. The van der Waals surface area contributed by atoms with Gasteiger partial charge in [0, 0.05) is 36.4 Å². The molecule has 2 nitrogen and oxygen atoms in total. The Labute approximate surface area is 192 Å². The van der Waals surface area contributed by atoms with Crippen molar-refractivity contribution in [2.45, 2.75) is 5.60 Å². The highest BCUT2D eigenvalue weighted by Crippen LogP contribution is 2.47. The van der Waals surface area contributed by atoms with E-state index in [1.54, 1.807) is 7.11 Å². The molecule has 0 bridgehead atoms. The van der Waals surface area contributed by atoms with E-state index in [0.29, 0.717) is 0 Å². The van der Waals surface area contributed by atoms with E-state index >= 15 is 0 Å². The van der Waals surface area contributed by atoms with E-state index in [1.807, 2.05) is 18.2 Å². The average Bonchev–Trinajstić information content (AvgIpc) is 2.79. The second-order valence-corrected chi connectivity index (χ2v) is 9.06. The summed E-state index contributed by atoms with van der Waals surface area (Å²) in [5.41, 5.74) is 2.41. The molecule has 5 rings (SSSR count). The number of ether oxygens (including phenoxy) is 2. The quantitative estimate of drug-likeness (QED) is 0.274. The SMILES string of the molecule is COc1cc2c(c3ccccc13)OC(c1ccc(Br)cc1)(c1ccc(Br)cc1)C=C2. The van der Waals surface area contributed by atoms with Crippen LogP contribution in [-0.2, 0) is 5.60 Å². The molecule has 30 heavy (non-hydrogen) atoms. The molecule has 1 heterocycles. The summed E-state index contributed by atoms with van der Waals surface area (Å²) < 4.78 is 14.6. The zero-order chi connectivity index (χ0) is 20.7. The van der Waals surface area contributed by atoms with Crippen LogP contribution in [-0.4, -0.2) is 7.11 Å². The summed E-state index contributed by atoms with van der Waals surface area (Å²) in [7, 11) is 1.70. The second-order valence-electron chi connectivity index (χ2n) is 7.23. The minimum atomic E-state index is -0.730. The maximum atomic E-state index is 6.91. The fraction of sp³-hybridized carbons (Fsp3) is 0.0769. The summed E-state index contributed by atoms with van der Waals surface area (Å²) in [6.07, 6.45) is 4.27. The molecule has 4 aromatic rings. The molecule has 0 unspecified atom stereocenters. The lowest BCUT2D eigenvalue weighted by atomic mass is 9.83. The first-order valence-electron chi connectivity index (χ1n) is 9.61. The van der Waals surface area contributed by atoms with Crippen LogP contribution in [0.1, 0.15) is 16.7 Å². The zero-order valence-corrected chi connectivity index (χ0v) is 19.4. The molecule has 0 saturated heterocycles. The van der Waals surface area contributed by atoms with Crippen molar-refractivity contribution in [3.63, 3.8) is 0 Å². The Morgan fingerprint density at radius 2 is 1.33 bits per heavy atom. The number of hydrogen-bond donors (Lipinski definition) is 0. The summed E-state index contributed by atoms with van der Waals surface area (Å²) in [6.45, 7) is 0. The molecule has 0 aromatic heterocycles. The fourth-order valence-corrected chi connectivity index (χ4v) is 4.55. The van der Waals surface area contributed by atoms with Gasteiger partial charge in [0.05, 0.1) is 7.11 Å². The van der Waals surface area contributed by atoms with Gasteiger partial charge in [0.25, 0.3) is 0 Å². The van der Waals surface area contributed by atoms with Gasteiger partial charge >= 0.3 is 0 Å². The lowest BCUT2D eigenvalue weighted by Crippen LogP contribution is -2.34. The Balaban J connectivity index is 1.77. The number of halogens is 2. The van der Waals surface area contributed by atoms with Gasteiger partial charge in [0.1, 0.15) is 11.5 Å². The fourth-order valence-electron chi connectivity index (χ4n) is 4.02. The minimum Gasteiger partial charge on any atom is -0.496 e. The molecular weight excluding hydrogens is 504 g/mol. The molecule has 0 spiro atoms. The Morgan fingerprint density at radius 1 is 0.767 bits per heavy atom. The van der Waals surface area contributed by atoms with Gasteiger partial charge in [-0.2, -0.15) is 0 Å². The lowest BCUT2D eigenvalue weighted by Gasteiger charge is -2.37. The Hall–Kier alpha value is -2.56. The average molecular weight is 522 g/mol. The summed E-state index contributed by atoms with van der Waals surface area (Å²) in [6, 6.07) is 26.9. The first-order valence-corrected chi connectivity index (χ1v) is 11.2. The highest BCUT2D eigenvalue weighted by Gasteiger charge is 2.38. The minimum absolute atomic E-state index is 0.730. The molecule has 0 amide bonds. The van der Waals surface area contributed by atoms with Crippen molar-refractivity contribution < 1.29 is 9.47 Å². The number of benzene rings is 4. The standard InChI is InChI=1S/C26H18Br2O2/c1-29-24-16-17-14-15-26(18-6-10-20(27)11-7-18,19-8-12-21(28)13-9-19)30-25(17)23-5-3-2-4-22(23)24/h2-16H,1H3. The van der Waals surface area contributed by atoms with E-state index in [1.165, 1.54) is 0 Å². The van der Waals surface area contributed by atoms with Gasteiger partial charge in [-0.25, -0.2) is 0 Å². The smallest absolute Gasteiger partial charge is 0.178 e. The number of fused-ring (bicyclic) bond motifs is 3. The molecule has 0 fully saturated rings. The van der Waals surface area contributed by atoms with E-state index in [2.05, 4.69) is 105 Å². The summed E-state index contributed by atoms with van der Waals surface area (Å²) in [4.78, 5) is 0. The van der Waals surface area contributed by atoms with E-state index in [4.69, 9.17) is 9.47 Å². The third-order valence-electron chi connectivity index (χ3n) is 5.51. The molecule has 1 aliphatic rings. The number of hydrogen-bond acceptors (Lipinski definition) is 2. The first-order chi connectivity index (χ1) is 14.6. The van der Waals surface area contributed by atoms with Crippen molar-refractivity contribution in [2.24, 2.45) is 0 Å². The van der Waals surface area contributed by atoms with Crippen LogP contribution in [0.2, 0.25) is 0 Å². The van der Waals surface area contributed by atoms with Crippen molar-refractivity contribution in [3.8, 4) is 11.5 Å². The molecular formula is C26H18Br2O2. The molecule has 0 saturated carbocycles. The lowest BCUT2D eigenvalue weighted by molar-refractivity contribution is 0.163. The van der Waals surface area contributed by atoms with Crippen LogP contribution in [0.25, 0.3) is 16.8 Å². The van der Waals surface area contributed by atoms with Crippen LogP contribution in [0, 0.1) is 0 Å². The van der Waals surface area contributed by atoms with Crippen molar-refractivity contribution in [1.29, 1.82) is 0 Å². The predicted molar refractivity (Wildman–Crippen MR) is 129 cm³/mol. The Bertz CT molecular complexity index is 1210. The van der Waals surface area contributed by atoms with E-state index < -0.39 is 5.60 Å². The molecule has 0 atom stereocenters. The highest BCUT2D eigenvalue weighted by atomic mass is 79.9. The van der Waals surface area contributed by atoms with Gasteiger partial charge in [0.2, 0.25) is 0 Å².